The molecule has 0 N–H and O–H groups in total. The van der Waals surface area contributed by atoms with E-state index >= 15 is 0 Å². The lowest BCUT2D eigenvalue weighted by atomic mass is 9.88. The van der Waals surface area contributed by atoms with Gasteiger partial charge in [-0.25, -0.2) is 0 Å². The fourth-order valence-corrected chi connectivity index (χ4v) is 1.81. The summed E-state index contributed by atoms with van der Waals surface area (Å²) < 4.78 is 1.14. The number of rotatable bonds is 1. The smallest absolute Gasteiger partial charge is 0.0247 e. The van der Waals surface area contributed by atoms with Gasteiger partial charge in [-0.1, -0.05) is 40.8 Å². The highest BCUT2D eigenvalue weighted by Gasteiger charge is 2.11. The Morgan fingerprint density at radius 2 is 2.00 bits per heavy atom. The van der Waals surface area contributed by atoms with Crippen LogP contribution >= 0.6 is 22.6 Å². The highest BCUT2D eigenvalue weighted by molar-refractivity contribution is 14.1. The first-order valence-corrected chi connectivity index (χ1v) is 5.09. The molecule has 0 atom stereocenters. The minimum atomic E-state index is 1.14. The van der Waals surface area contributed by atoms with Crippen molar-refractivity contribution in [3.63, 3.8) is 0 Å². The van der Waals surface area contributed by atoms with Crippen molar-refractivity contribution in [2.24, 2.45) is 0 Å². The summed E-state index contributed by atoms with van der Waals surface area (Å²) >= 11 is 2.41. The van der Waals surface area contributed by atoms with Gasteiger partial charge in [-0.15, -0.1) is 0 Å². The van der Waals surface area contributed by atoms with E-state index in [9.17, 15) is 0 Å². The predicted molar refractivity (Wildman–Crippen MR) is 51.6 cm³/mol. The van der Waals surface area contributed by atoms with Gasteiger partial charge >= 0.3 is 0 Å². The summed E-state index contributed by atoms with van der Waals surface area (Å²) in [6, 6.07) is 6.85. The normalized spacial score (nSPS) is 14.1. The van der Waals surface area contributed by atoms with E-state index in [4.69, 9.17) is 0 Å². The Kier molecular flexibility index (Phi) is 1.68. The molecule has 0 aromatic heterocycles. The topological polar surface area (TPSA) is 0 Å². The number of alkyl halides is 1. The van der Waals surface area contributed by atoms with Crippen molar-refractivity contribution in [3.8, 4) is 0 Å². The Labute approximate surface area is 74.8 Å². The Hall–Kier alpha value is -0.0500. The van der Waals surface area contributed by atoms with E-state index in [1.807, 2.05) is 0 Å². The summed E-state index contributed by atoms with van der Waals surface area (Å²) in [5, 5.41) is 0. The maximum absolute atomic E-state index is 2.41. The van der Waals surface area contributed by atoms with Crippen LogP contribution in [0.3, 0.4) is 0 Å². The van der Waals surface area contributed by atoms with Crippen LogP contribution in [0.2, 0.25) is 0 Å². The molecule has 0 unspecified atom stereocenters. The minimum Gasteiger partial charge on any atom is -0.0812 e. The second-order valence-electron chi connectivity index (χ2n) is 2.74. The molecule has 0 radical (unpaired) electrons. The number of halogens is 1. The minimum absolute atomic E-state index is 1.14. The van der Waals surface area contributed by atoms with Gasteiger partial charge in [0.15, 0.2) is 0 Å². The summed E-state index contributed by atoms with van der Waals surface area (Å²) in [4.78, 5) is 0. The van der Waals surface area contributed by atoms with Crippen LogP contribution in [0, 0.1) is 0 Å². The largest absolute Gasteiger partial charge is 0.0812 e. The fraction of sp³-hybridized carbons (Fsp3) is 0.333. The molecule has 1 aliphatic rings. The molecule has 2 rings (SSSR count). The first-order chi connectivity index (χ1) is 4.90. The summed E-state index contributed by atoms with van der Waals surface area (Å²) in [5.74, 6) is 0. The van der Waals surface area contributed by atoms with Gasteiger partial charge in [0.25, 0.3) is 0 Å². The van der Waals surface area contributed by atoms with Gasteiger partial charge in [0.1, 0.15) is 0 Å². The molecular weight excluding hydrogens is 235 g/mol. The predicted octanol–water partition coefficient (Wildman–Crippen LogP) is 2.72. The second-order valence-corrected chi connectivity index (χ2v) is 3.50. The average Bonchev–Trinajstić information content (AvgIpc) is 1.92. The standard InChI is InChI=1S/C9H9I/c10-6-7-1-2-8-3-4-9(8)5-7/h1-2,5H,3-4,6H2. The quantitative estimate of drug-likeness (QED) is 0.526. The molecule has 0 saturated heterocycles. The van der Waals surface area contributed by atoms with Gasteiger partial charge in [0.2, 0.25) is 0 Å². The summed E-state index contributed by atoms with van der Waals surface area (Å²) in [6.45, 7) is 0. The lowest BCUT2D eigenvalue weighted by Gasteiger charge is -2.18. The molecule has 0 nitrogen and oxygen atoms in total. The lowest BCUT2D eigenvalue weighted by molar-refractivity contribution is 0.836. The van der Waals surface area contributed by atoms with E-state index in [0.717, 1.165) is 4.43 Å². The fourth-order valence-electron chi connectivity index (χ4n) is 1.33. The van der Waals surface area contributed by atoms with E-state index in [0.29, 0.717) is 0 Å². The SMILES string of the molecule is ICc1ccc2c(c1)CC2. The van der Waals surface area contributed by atoms with Crippen LogP contribution in [0.15, 0.2) is 18.2 Å². The maximum Gasteiger partial charge on any atom is 0.0247 e. The molecule has 0 amide bonds. The van der Waals surface area contributed by atoms with Gasteiger partial charge in [-0.2, -0.15) is 0 Å². The summed E-state index contributed by atoms with van der Waals surface area (Å²) in [7, 11) is 0. The Balaban J connectivity index is 2.42. The molecule has 0 fully saturated rings. The van der Waals surface area contributed by atoms with E-state index in [2.05, 4.69) is 40.8 Å². The van der Waals surface area contributed by atoms with Crippen molar-refractivity contribution in [1.29, 1.82) is 0 Å². The van der Waals surface area contributed by atoms with E-state index in [-0.39, 0.29) is 0 Å². The third kappa shape index (κ3) is 0.965. The zero-order valence-corrected chi connectivity index (χ0v) is 7.89. The molecule has 10 heavy (non-hydrogen) atoms. The van der Waals surface area contributed by atoms with Gasteiger partial charge in [0, 0.05) is 4.43 Å². The molecular formula is C9H9I. The number of aryl methyl sites for hydroxylation is 2. The van der Waals surface area contributed by atoms with Crippen LogP contribution in [-0.2, 0) is 17.3 Å². The van der Waals surface area contributed by atoms with Crippen LogP contribution in [0.4, 0.5) is 0 Å². The molecule has 0 spiro atoms. The highest BCUT2D eigenvalue weighted by atomic mass is 127. The van der Waals surface area contributed by atoms with Crippen LogP contribution in [0.1, 0.15) is 16.7 Å². The monoisotopic (exact) mass is 244 g/mol. The number of benzene rings is 1. The zero-order valence-electron chi connectivity index (χ0n) is 5.73. The Bertz CT molecular complexity index is 253. The first-order valence-electron chi connectivity index (χ1n) is 3.57. The van der Waals surface area contributed by atoms with Crippen LogP contribution < -0.4 is 0 Å². The molecule has 1 heteroatoms. The zero-order chi connectivity index (χ0) is 6.97. The van der Waals surface area contributed by atoms with Gasteiger partial charge in [-0.3, -0.25) is 0 Å². The third-order valence-electron chi connectivity index (χ3n) is 2.09. The van der Waals surface area contributed by atoms with Crippen molar-refractivity contribution in [1.82, 2.24) is 0 Å². The van der Waals surface area contributed by atoms with Gasteiger partial charge in [0.05, 0.1) is 0 Å². The molecule has 1 aromatic carbocycles. The first kappa shape index (κ1) is 6.65. The molecule has 52 valence electrons. The number of hydrogen-bond donors (Lipinski definition) is 0. The maximum atomic E-state index is 2.41. The van der Waals surface area contributed by atoms with Gasteiger partial charge < -0.3 is 0 Å². The molecule has 0 aliphatic heterocycles. The van der Waals surface area contributed by atoms with E-state index < -0.39 is 0 Å². The van der Waals surface area contributed by atoms with Crippen molar-refractivity contribution in [2.45, 2.75) is 17.3 Å². The summed E-state index contributed by atoms with van der Waals surface area (Å²) in [5.41, 5.74) is 4.61. The summed E-state index contributed by atoms with van der Waals surface area (Å²) in [6.07, 6.45) is 2.61. The second kappa shape index (κ2) is 2.53. The van der Waals surface area contributed by atoms with Crippen molar-refractivity contribution >= 4 is 22.6 Å². The van der Waals surface area contributed by atoms with Crippen LogP contribution in [0.5, 0.6) is 0 Å². The number of hydrogen-bond acceptors (Lipinski definition) is 0. The van der Waals surface area contributed by atoms with E-state index in [1.165, 1.54) is 18.4 Å². The molecule has 1 aromatic rings. The van der Waals surface area contributed by atoms with Crippen molar-refractivity contribution < 1.29 is 0 Å². The molecule has 0 bridgehead atoms. The highest BCUT2D eigenvalue weighted by Crippen LogP contribution is 2.24. The van der Waals surface area contributed by atoms with Gasteiger partial charge in [-0.05, 0) is 29.5 Å². The van der Waals surface area contributed by atoms with Crippen LogP contribution in [-0.4, -0.2) is 0 Å². The number of fused-ring (bicyclic) bond motifs is 1. The van der Waals surface area contributed by atoms with Crippen molar-refractivity contribution in [3.05, 3.63) is 34.9 Å². The molecule has 0 heterocycles. The molecule has 0 saturated carbocycles. The van der Waals surface area contributed by atoms with Crippen molar-refractivity contribution in [2.75, 3.05) is 0 Å². The lowest BCUT2D eigenvalue weighted by Crippen LogP contribution is -2.07. The van der Waals surface area contributed by atoms with E-state index in [1.54, 1.807) is 11.1 Å². The average molecular weight is 244 g/mol. The molecule has 1 aliphatic carbocycles. The third-order valence-corrected chi connectivity index (χ3v) is 2.97. The Morgan fingerprint density at radius 3 is 2.50 bits per heavy atom. The Morgan fingerprint density at radius 1 is 1.20 bits per heavy atom. The van der Waals surface area contributed by atoms with Crippen LogP contribution in [0.25, 0.3) is 0 Å².